The van der Waals surface area contributed by atoms with Crippen molar-refractivity contribution in [1.82, 2.24) is 9.88 Å². The van der Waals surface area contributed by atoms with Crippen LogP contribution >= 0.6 is 11.3 Å². The van der Waals surface area contributed by atoms with Gasteiger partial charge in [-0.05, 0) is 43.5 Å². The highest BCUT2D eigenvalue weighted by Crippen LogP contribution is 2.29. The van der Waals surface area contributed by atoms with Gasteiger partial charge in [-0.15, -0.1) is 11.3 Å². The van der Waals surface area contributed by atoms with Gasteiger partial charge in [0.15, 0.2) is 10.8 Å². The first kappa shape index (κ1) is 17.8. The lowest BCUT2D eigenvalue weighted by molar-refractivity contribution is 0.0779. The Hall–Kier alpha value is -2.60. The van der Waals surface area contributed by atoms with E-state index < -0.39 is 0 Å². The molecule has 1 fully saturated rings. The normalized spacial score (nSPS) is 13.9. The molecule has 0 unspecified atom stereocenters. The van der Waals surface area contributed by atoms with Crippen LogP contribution in [0.2, 0.25) is 0 Å². The van der Waals surface area contributed by atoms with Gasteiger partial charge in [0.25, 0.3) is 5.91 Å². The topological polar surface area (TPSA) is 49.6 Å². The van der Waals surface area contributed by atoms with Crippen molar-refractivity contribution in [3.05, 3.63) is 58.8 Å². The summed E-state index contributed by atoms with van der Waals surface area (Å²) in [4.78, 5) is 22.6. The maximum Gasteiger partial charge on any atom is 0.273 e. The van der Waals surface area contributed by atoms with E-state index in [2.05, 4.69) is 28.1 Å². The van der Waals surface area contributed by atoms with E-state index in [1.165, 1.54) is 35.4 Å². The third kappa shape index (κ3) is 3.62. The molecule has 1 aliphatic rings. The maximum atomic E-state index is 13.0. The van der Waals surface area contributed by atoms with Gasteiger partial charge in [0.1, 0.15) is 5.69 Å². The molecule has 2 aromatic heterocycles. The number of aryl methyl sites for hydroxylation is 1. The first-order chi connectivity index (χ1) is 13.1. The van der Waals surface area contributed by atoms with Crippen LogP contribution in [0.1, 0.15) is 33.8 Å². The molecule has 0 N–H and O–H groups in total. The van der Waals surface area contributed by atoms with Crippen LogP contribution in [-0.4, -0.2) is 35.9 Å². The van der Waals surface area contributed by atoms with Crippen LogP contribution in [0.15, 0.2) is 47.1 Å². The quantitative estimate of drug-likeness (QED) is 0.649. The van der Waals surface area contributed by atoms with Crippen LogP contribution in [0.3, 0.4) is 0 Å². The Morgan fingerprint density at radius 3 is 2.74 bits per heavy atom. The van der Waals surface area contributed by atoms with Crippen molar-refractivity contribution in [2.75, 3.05) is 25.0 Å². The lowest BCUT2D eigenvalue weighted by Crippen LogP contribution is -2.28. The number of nitrogens with zero attached hydrogens (tertiary/aromatic N) is 3. The molecule has 0 bridgehead atoms. The second kappa shape index (κ2) is 7.56. The van der Waals surface area contributed by atoms with Gasteiger partial charge in [0.2, 0.25) is 0 Å². The summed E-state index contributed by atoms with van der Waals surface area (Å²) >= 11 is 1.49. The van der Waals surface area contributed by atoms with Crippen molar-refractivity contribution in [2.45, 2.75) is 26.3 Å². The predicted molar refractivity (Wildman–Crippen MR) is 108 cm³/mol. The number of hydrogen-bond acceptors (Lipinski definition) is 5. The van der Waals surface area contributed by atoms with Crippen molar-refractivity contribution < 1.29 is 9.21 Å². The summed E-state index contributed by atoms with van der Waals surface area (Å²) in [6.07, 6.45) is 4.09. The lowest BCUT2D eigenvalue weighted by Gasteiger charge is -2.24. The second-order valence-electron chi connectivity index (χ2n) is 6.89. The average Bonchev–Trinajstić information content (AvgIpc) is 3.43. The number of anilines is 1. The molecule has 3 aromatic rings. The summed E-state index contributed by atoms with van der Waals surface area (Å²) in [6.45, 7) is 4.68. The summed E-state index contributed by atoms with van der Waals surface area (Å²) in [6, 6.07) is 12.1. The molecule has 0 spiro atoms. The average molecular weight is 382 g/mol. The van der Waals surface area contributed by atoms with Crippen molar-refractivity contribution in [3.8, 4) is 10.8 Å². The summed E-state index contributed by atoms with van der Waals surface area (Å²) in [5.74, 6) is 0.641. The zero-order valence-corrected chi connectivity index (χ0v) is 16.5. The molecule has 140 valence electrons. The number of carbonyl (C=O) groups is 1. The first-order valence-corrected chi connectivity index (χ1v) is 10.0. The van der Waals surface area contributed by atoms with Crippen LogP contribution < -0.4 is 4.90 Å². The SMILES string of the molecule is Cc1sc(-c2ccco2)nc1C(=O)N(C)Cc1ccccc1N1CCCC1. The third-order valence-electron chi connectivity index (χ3n) is 4.92. The monoisotopic (exact) mass is 381 g/mol. The van der Waals surface area contributed by atoms with E-state index in [0.29, 0.717) is 18.0 Å². The van der Waals surface area contributed by atoms with Crippen molar-refractivity contribution in [2.24, 2.45) is 0 Å². The minimum absolute atomic E-state index is 0.0576. The molecular formula is C21H23N3O2S. The summed E-state index contributed by atoms with van der Waals surface area (Å²) in [5, 5.41) is 0.742. The minimum atomic E-state index is -0.0576. The fourth-order valence-electron chi connectivity index (χ4n) is 3.52. The van der Waals surface area contributed by atoms with Crippen molar-refractivity contribution in [3.63, 3.8) is 0 Å². The van der Waals surface area contributed by atoms with Gasteiger partial charge in [0.05, 0.1) is 6.26 Å². The van der Waals surface area contributed by atoms with Gasteiger partial charge in [-0.25, -0.2) is 4.98 Å². The Bertz CT molecular complexity index is 927. The molecule has 4 rings (SSSR count). The Morgan fingerprint density at radius 1 is 1.22 bits per heavy atom. The van der Waals surface area contributed by atoms with Gasteiger partial charge >= 0.3 is 0 Å². The fourth-order valence-corrected chi connectivity index (χ4v) is 4.39. The highest BCUT2D eigenvalue weighted by atomic mass is 32.1. The van der Waals surface area contributed by atoms with Gasteiger partial charge < -0.3 is 14.2 Å². The largest absolute Gasteiger partial charge is 0.462 e. The number of thiazole rings is 1. The molecule has 0 radical (unpaired) electrons. The fraction of sp³-hybridized carbons (Fsp3) is 0.333. The zero-order chi connectivity index (χ0) is 18.8. The highest BCUT2D eigenvalue weighted by molar-refractivity contribution is 7.15. The lowest BCUT2D eigenvalue weighted by atomic mass is 10.1. The zero-order valence-electron chi connectivity index (χ0n) is 15.6. The van der Waals surface area contributed by atoms with Crippen LogP contribution in [0.25, 0.3) is 10.8 Å². The van der Waals surface area contributed by atoms with Crippen LogP contribution in [0.4, 0.5) is 5.69 Å². The maximum absolute atomic E-state index is 13.0. The molecule has 1 aromatic carbocycles. The van der Waals surface area contributed by atoms with E-state index >= 15 is 0 Å². The summed E-state index contributed by atoms with van der Waals surface area (Å²) in [5.41, 5.74) is 2.92. The minimum Gasteiger partial charge on any atom is -0.462 e. The van der Waals surface area contributed by atoms with Crippen molar-refractivity contribution in [1.29, 1.82) is 0 Å². The molecule has 0 aliphatic carbocycles. The smallest absolute Gasteiger partial charge is 0.273 e. The number of carbonyl (C=O) groups excluding carboxylic acids is 1. The van der Waals surface area contributed by atoms with E-state index in [9.17, 15) is 4.79 Å². The number of benzene rings is 1. The molecule has 1 aliphatic heterocycles. The predicted octanol–water partition coefficient (Wildman–Crippen LogP) is 4.58. The van der Waals surface area contributed by atoms with Crippen molar-refractivity contribution >= 4 is 22.9 Å². The third-order valence-corrected chi connectivity index (χ3v) is 5.91. The Labute approximate surface area is 163 Å². The summed E-state index contributed by atoms with van der Waals surface area (Å²) < 4.78 is 5.41. The molecule has 1 saturated heterocycles. The Morgan fingerprint density at radius 2 is 2.00 bits per heavy atom. The Balaban J connectivity index is 1.54. The van der Waals surface area contributed by atoms with Gasteiger partial charge in [-0.1, -0.05) is 18.2 Å². The van der Waals surface area contributed by atoms with E-state index in [4.69, 9.17) is 4.42 Å². The van der Waals surface area contributed by atoms with Crippen LogP contribution in [0, 0.1) is 6.92 Å². The van der Waals surface area contributed by atoms with E-state index in [1.54, 1.807) is 11.2 Å². The van der Waals surface area contributed by atoms with Crippen LogP contribution in [0.5, 0.6) is 0 Å². The molecule has 3 heterocycles. The summed E-state index contributed by atoms with van der Waals surface area (Å²) in [7, 11) is 1.84. The van der Waals surface area contributed by atoms with Gasteiger partial charge in [-0.3, -0.25) is 4.79 Å². The molecule has 27 heavy (non-hydrogen) atoms. The number of para-hydroxylation sites is 1. The number of rotatable bonds is 5. The number of hydrogen-bond donors (Lipinski definition) is 0. The molecule has 5 nitrogen and oxygen atoms in total. The number of amides is 1. The van der Waals surface area contributed by atoms with E-state index in [0.717, 1.165) is 23.0 Å². The molecule has 0 atom stereocenters. The number of furan rings is 1. The Kier molecular flexibility index (Phi) is 4.99. The van der Waals surface area contributed by atoms with Gasteiger partial charge in [-0.2, -0.15) is 0 Å². The van der Waals surface area contributed by atoms with E-state index in [1.807, 2.05) is 32.2 Å². The molecule has 0 saturated carbocycles. The van der Waals surface area contributed by atoms with Gasteiger partial charge in [0, 0.05) is 37.2 Å². The molecule has 1 amide bonds. The molecule has 6 heteroatoms. The van der Waals surface area contributed by atoms with E-state index in [-0.39, 0.29) is 5.91 Å². The highest BCUT2D eigenvalue weighted by Gasteiger charge is 2.22. The second-order valence-corrected chi connectivity index (χ2v) is 8.09. The molecular weight excluding hydrogens is 358 g/mol. The first-order valence-electron chi connectivity index (χ1n) is 9.23. The standard InChI is InChI=1S/C21H23N3O2S/c1-15-19(22-20(27-15)18-10-7-13-26-18)21(25)23(2)14-16-8-3-4-9-17(16)24-11-5-6-12-24/h3-4,7-10,13H,5-6,11-12,14H2,1-2H3. The number of aromatic nitrogens is 1. The van der Waals surface area contributed by atoms with Crippen LogP contribution in [-0.2, 0) is 6.54 Å².